The fourth-order valence-corrected chi connectivity index (χ4v) is 2.11. The van der Waals surface area contributed by atoms with Gasteiger partial charge in [-0.25, -0.2) is 0 Å². The van der Waals surface area contributed by atoms with Crippen LogP contribution in [0.25, 0.3) is 0 Å². The SMILES string of the molecule is COC(C)(C)OC(COCc1ccccc1)c1ccccc1. The van der Waals surface area contributed by atoms with E-state index in [0.717, 1.165) is 11.1 Å². The quantitative estimate of drug-likeness (QED) is 0.679. The summed E-state index contributed by atoms with van der Waals surface area (Å²) in [4.78, 5) is 0. The van der Waals surface area contributed by atoms with E-state index >= 15 is 0 Å². The van der Waals surface area contributed by atoms with Gasteiger partial charge in [0.15, 0.2) is 5.79 Å². The Morgan fingerprint density at radius 1 is 0.909 bits per heavy atom. The van der Waals surface area contributed by atoms with Crippen molar-refractivity contribution in [3.8, 4) is 0 Å². The lowest BCUT2D eigenvalue weighted by Gasteiger charge is -2.29. The molecule has 22 heavy (non-hydrogen) atoms. The second-order valence-corrected chi connectivity index (χ2v) is 5.62. The summed E-state index contributed by atoms with van der Waals surface area (Å²) in [6, 6.07) is 20.2. The molecule has 3 heteroatoms. The zero-order valence-electron chi connectivity index (χ0n) is 13.5. The minimum atomic E-state index is -0.656. The molecule has 0 saturated carbocycles. The lowest BCUT2D eigenvalue weighted by molar-refractivity contribution is -0.234. The Balaban J connectivity index is 1.99. The van der Waals surface area contributed by atoms with Crippen molar-refractivity contribution >= 4 is 0 Å². The van der Waals surface area contributed by atoms with Crippen LogP contribution < -0.4 is 0 Å². The standard InChI is InChI=1S/C19H24O3/c1-19(2,20-3)22-18(17-12-8-5-9-13-17)15-21-14-16-10-6-4-7-11-16/h4-13,18H,14-15H2,1-3H3. The maximum Gasteiger partial charge on any atom is 0.163 e. The Hall–Kier alpha value is -1.68. The number of benzene rings is 2. The molecule has 0 aliphatic rings. The van der Waals surface area contributed by atoms with Crippen molar-refractivity contribution in [3.63, 3.8) is 0 Å². The Morgan fingerprint density at radius 2 is 1.50 bits per heavy atom. The van der Waals surface area contributed by atoms with Crippen LogP contribution in [0.3, 0.4) is 0 Å². The van der Waals surface area contributed by atoms with Crippen LogP contribution in [-0.2, 0) is 20.8 Å². The highest BCUT2D eigenvalue weighted by Crippen LogP contribution is 2.25. The predicted octanol–water partition coefficient (Wildman–Crippen LogP) is 4.34. The van der Waals surface area contributed by atoms with Crippen molar-refractivity contribution in [1.29, 1.82) is 0 Å². The minimum absolute atomic E-state index is 0.167. The summed E-state index contributed by atoms with van der Waals surface area (Å²) in [5, 5.41) is 0. The third-order valence-corrected chi connectivity index (χ3v) is 3.47. The molecule has 1 atom stereocenters. The summed E-state index contributed by atoms with van der Waals surface area (Å²) in [5.41, 5.74) is 2.24. The molecule has 118 valence electrons. The maximum atomic E-state index is 6.06. The van der Waals surface area contributed by atoms with Crippen LogP contribution in [0.4, 0.5) is 0 Å². The highest BCUT2D eigenvalue weighted by atomic mass is 16.7. The first-order chi connectivity index (χ1) is 10.6. The zero-order chi connectivity index (χ0) is 15.8. The molecule has 2 rings (SSSR count). The van der Waals surface area contributed by atoms with E-state index in [1.807, 2.05) is 62.4 Å². The fraction of sp³-hybridized carbons (Fsp3) is 0.368. The van der Waals surface area contributed by atoms with Gasteiger partial charge in [-0.05, 0) is 25.0 Å². The molecule has 0 aliphatic heterocycles. The minimum Gasteiger partial charge on any atom is -0.374 e. The molecule has 0 spiro atoms. The first-order valence-electron chi connectivity index (χ1n) is 7.50. The Morgan fingerprint density at radius 3 is 2.09 bits per heavy atom. The Labute approximate surface area is 132 Å². The van der Waals surface area contributed by atoms with Gasteiger partial charge in [-0.3, -0.25) is 0 Å². The molecular formula is C19H24O3. The van der Waals surface area contributed by atoms with E-state index in [0.29, 0.717) is 13.2 Å². The van der Waals surface area contributed by atoms with E-state index in [4.69, 9.17) is 14.2 Å². The molecule has 0 bridgehead atoms. The van der Waals surface area contributed by atoms with Gasteiger partial charge in [-0.1, -0.05) is 60.7 Å². The van der Waals surface area contributed by atoms with E-state index in [2.05, 4.69) is 12.1 Å². The molecule has 0 fully saturated rings. The molecule has 0 aliphatic carbocycles. The van der Waals surface area contributed by atoms with Crippen LogP contribution in [0, 0.1) is 0 Å². The number of hydrogen-bond acceptors (Lipinski definition) is 3. The highest BCUT2D eigenvalue weighted by Gasteiger charge is 2.24. The summed E-state index contributed by atoms with van der Waals surface area (Å²) >= 11 is 0. The van der Waals surface area contributed by atoms with E-state index in [9.17, 15) is 0 Å². The smallest absolute Gasteiger partial charge is 0.163 e. The monoisotopic (exact) mass is 300 g/mol. The predicted molar refractivity (Wildman–Crippen MR) is 87.5 cm³/mol. The fourth-order valence-electron chi connectivity index (χ4n) is 2.11. The van der Waals surface area contributed by atoms with Gasteiger partial charge < -0.3 is 14.2 Å². The second-order valence-electron chi connectivity index (χ2n) is 5.62. The van der Waals surface area contributed by atoms with Gasteiger partial charge in [0.05, 0.1) is 13.2 Å². The van der Waals surface area contributed by atoms with Crippen LogP contribution in [0.5, 0.6) is 0 Å². The normalized spacial score (nSPS) is 13.0. The van der Waals surface area contributed by atoms with Crippen molar-refractivity contribution in [3.05, 3.63) is 71.8 Å². The summed E-state index contributed by atoms with van der Waals surface area (Å²) in [6.45, 7) is 4.85. The number of rotatable bonds is 8. The number of methoxy groups -OCH3 is 1. The lowest BCUT2D eigenvalue weighted by atomic mass is 10.1. The third kappa shape index (κ3) is 5.26. The largest absolute Gasteiger partial charge is 0.374 e. The van der Waals surface area contributed by atoms with Crippen LogP contribution in [0.2, 0.25) is 0 Å². The van der Waals surface area contributed by atoms with E-state index in [1.54, 1.807) is 7.11 Å². The van der Waals surface area contributed by atoms with Gasteiger partial charge in [0.2, 0.25) is 0 Å². The molecule has 0 radical (unpaired) electrons. The second kappa shape index (κ2) is 8.08. The van der Waals surface area contributed by atoms with Crippen molar-refractivity contribution in [2.45, 2.75) is 32.3 Å². The summed E-state index contributed by atoms with van der Waals surface area (Å²) < 4.78 is 17.3. The Bertz CT molecular complexity index is 537. The molecule has 0 N–H and O–H groups in total. The molecule has 0 saturated heterocycles. The van der Waals surface area contributed by atoms with Gasteiger partial charge in [-0.15, -0.1) is 0 Å². The third-order valence-electron chi connectivity index (χ3n) is 3.47. The van der Waals surface area contributed by atoms with E-state index in [1.165, 1.54) is 0 Å². The zero-order valence-corrected chi connectivity index (χ0v) is 13.5. The van der Waals surface area contributed by atoms with Crippen molar-refractivity contribution < 1.29 is 14.2 Å². The molecule has 1 unspecified atom stereocenters. The van der Waals surface area contributed by atoms with Crippen molar-refractivity contribution in [2.75, 3.05) is 13.7 Å². The highest BCUT2D eigenvalue weighted by molar-refractivity contribution is 5.18. The number of hydrogen-bond donors (Lipinski definition) is 0. The number of ether oxygens (including phenoxy) is 3. The van der Waals surface area contributed by atoms with Crippen molar-refractivity contribution in [2.24, 2.45) is 0 Å². The molecule has 0 amide bonds. The van der Waals surface area contributed by atoms with Crippen LogP contribution in [-0.4, -0.2) is 19.5 Å². The van der Waals surface area contributed by atoms with Gasteiger partial charge >= 0.3 is 0 Å². The first kappa shape index (κ1) is 16.7. The maximum absolute atomic E-state index is 6.06. The average Bonchev–Trinajstić information content (AvgIpc) is 2.56. The molecule has 3 nitrogen and oxygen atoms in total. The topological polar surface area (TPSA) is 27.7 Å². The van der Waals surface area contributed by atoms with Gasteiger partial charge in [0, 0.05) is 7.11 Å². The van der Waals surface area contributed by atoms with Crippen molar-refractivity contribution in [1.82, 2.24) is 0 Å². The molecule has 2 aromatic rings. The van der Waals surface area contributed by atoms with Gasteiger partial charge in [0.25, 0.3) is 0 Å². The lowest BCUT2D eigenvalue weighted by Crippen LogP contribution is -2.30. The molecule has 0 aromatic heterocycles. The van der Waals surface area contributed by atoms with Gasteiger partial charge in [-0.2, -0.15) is 0 Å². The molecular weight excluding hydrogens is 276 g/mol. The summed E-state index contributed by atoms with van der Waals surface area (Å²) in [5.74, 6) is -0.656. The average molecular weight is 300 g/mol. The molecule has 2 aromatic carbocycles. The Kier molecular flexibility index (Phi) is 6.13. The van der Waals surface area contributed by atoms with Crippen LogP contribution in [0.1, 0.15) is 31.1 Å². The van der Waals surface area contributed by atoms with Gasteiger partial charge in [0.1, 0.15) is 6.10 Å². The first-order valence-corrected chi connectivity index (χ1v) is 7.50. The molecule has 0 heterocycles. The van der Waals surface area contributed by atoms with Crippen LogP contribution in [0.15, 0.2) is 60.7 Å². The summed E-state index contributed by atoms with van der Waals surface area (Å²) in [7, 11) is 1.65. The van der Waals surface area contributed by atoms with E-state index < -0.39 is 5.79 Å². The summed E-state index contributed by atoms with van der Waals surface area (Å²) in [6.07, 6.45) is -0.167. The van der Waals surface area contributed by atoms with Crippen LogP contribution >= 0.6 is 0 Å². The van der Waals surface area contributed by atoms with E-state index in [-0.39, 0.29) is 6.10 Å².